The van der Waals surface area contributed by atoms with Gasteiger partial charge in [0.2, 0.25) is 0 Å². The number of benzene rings is 1. The van der Waals surface area contributed by atoms with Crippen molar-refractivity contribution in [3.63, 3.8) is 0 Å². The highest BCUT2D eigenvalue weighted by Crippen LogP contribution is 2.25. The quantitative estimate of drug-likeness (QED) is 0.868. The zero-order valence-corrected chi connectivity index (χ0v) is 11.0. The Kier molecular flexibility index (Phi) is 4.06. The van der Waals surface area contributed by atoms with Crippen molar-refractivity contribution in [3.05, 3.63) is 29.8 Å². The van der Waals surface area contributed by atoms with Crippen molar-refractivity contribution in [2.75, 3.05) is 18.5 Å². The minimum absolute atomic E-state index is 0.455. The minimum Gasteiger partial charge on any atom is -0.374 e. The molecule has 1 aliphatic carbocycles. The average Bonchev–Trinajstić information content (AvgIpc) is 2.33. The molecule has 1 aromatic rings. The molecule has 0 aromatic heterocycles. The van der Waals surface area contributed by atoms with E-state index in [0.29, 0.717) is 6.04 Å². The first-order valence-corrected chi connectivity index (χ1v) is 6.68. The van der Waals surface area contributed by atoms with Crippen molar-refractivity contribution in [2.24, 2.45) is 11.7 Å². The SMILES string of the molecule is Cc1ccc(N(C)CC2CCC(N)CC2)cc1. The molecule has 0 bridgehead atoms. The number of nitrogens with two attached hydrogens (primary N) is 1. The summed E-state index contributed by atoms with van der Waals surface area (Å²) in [5.74, 6) is 0.820. The number of anilines is 1. The third-order valence-electron chi connectivity index (χ3n) is 3.90. The largest absolute Gasteiger partial charge is 0.374 e. The van der Waals surface area contributed by atoms with Crippen LogP contribution in [0.2, 0.25) is 0 Å². The van der Waals surface area contributed by atoms with Gasteiger partial charge in [-0.05, 0) is 50.7 Å². The van der Waals surface area contributed by atoms with E-state index in [1.807, 2.05) is 0 Å². The molecule has 2 nitrogen and oxygen atoms in total. The Morgan fingerprint density at radius 1 is 1.12 bits per heavy atom. The molecule has 1 saturated carbocycles. The maximum atomic E-state index is 5.94. The summed E-state index contributed by atoms with van der Waals surface area (Å²) in [6, 6.07) is 9.25. The van der Waals surface area contributed by atoms with Crippen LogP contribution in [0.5, 0.6) is 0 Å². The molecular weight excluding hydrogens is 208 g/mol. The van der Waals surface area contributed by atoms with Crippen LogP contribution in [-0.2, 0) is 0 Å². The lowest BCUT2D eigenvalue weighted by atomic mass is 9.86. The van der Waals surface area contributed by atoms with Crippen molar-refractivity contribution < 1.29 is 0 Å². The highest BCUT2D eigenvalue weighted by Gasteiger charge is 2.19. The van der Waals surface area contributed by atoms with Crippen LogP contribution < -0.4 is 10.6 Å². The summed E-state index contributed by atoms with van der Waals surface area (Å²) in [4.78, 5) is 2.38. The van der Waals surface area contributed by atoms with E-state index < -0.39 is 0 Å². The van der Waals surface area contributed by atoms with Gasteiger partial charge in [0.15, 0.2) is 0 Å². The average molecular weight is 232 g/mol. The Balaban J connectivity index is 1.88. The molecule has 1 aromatic carbocycles. The van der Waals surface area contributed by atoms with E-state index in [-0.39, 0.29) is 0 Å². The lowest BCUT2D eigenvalue weighted by Gasteiger charge is -2.30. The van der Waals surface area contributed by atoms with E-state index in [2.05, 4.69) is 43.1 Å². The van der Waals surface area contributed by atoms with Gasteiger partial charge in [0.25, 0.3) is 0 Å². The first-order chi connectivity index (χ1) is 8.15. The lowest BCUT2D eigenvalue weighted by molar-refractivity contribution is 0.330. The molecule has 0 heterocycles. The topological polar surface area (TPSA) is 29.3 Å². The maximum absolute atomic E-state index is 5.94. The number of aryl methyl sites for hydroxylation is 1. The van der Waals surface area contributed by atoms with Gasteiger partial charge in [-0.15, -0.1) is 0 Å². The second-order valence-electron chi connectivity index (χ2n) is 5.50. The Labute approximate surface area is 105 Å². The van der Waals surface area contributed by atoms with Gasteiger partial charge in [0, 0.05) is 25.3 Å². The van der Waals surface area contributed by atoms with Gasteiger partial charge in [-0.3, -0.25) is 0 Å². The summed E-state index contributed by atoms with van der Waals surface area (Å²) in [5.41, 5.74) is 8.59. The van der Waals surface area contributed by atoms with E-state index in [9.17, 15) is 0 Å². The van der Waals surface area contributed by atoms with Crippen LogP contribution in [0.15, 0.2) is 24.3 Å². The molecule has 0 radical (unpaired) electrons. The number of nitrogens with zero attached hydrogens (tertiary/aromatic N) is 1. The molecular formula is C15H24N2. The third kappa shape index (κ3) is 3.47. The van der Waals surface area contributed by atoms with Crippen LogP contribution in [0.3, 0.4) is 0 Å². The molecule has 0 saturated heterocycles. The van der Waals surface area contributed by atoms with E-state index in [1.165, 1.54) is 36.9 Å². The normalized spacial score (nSPS) is 24.6. The van der Waals surface area contributed by atoms with Gasteiger partial charge in [-0.1, -0.05) is 17.7 Å². The Morgan fingerprint density at radius 3 is 2.29 bits per heavy atom. The van der Waals surface area contributed by atoms with Gasteiger partial charge in [-0.25, -0.2) is 0 Å². The molecule has 0 spiro atoms. The molecule has 0 aliphatic heterocycles. The molecule has 2 heteroatoms. The second kappa shape index (κ2) is 5.54. The lowest BCUT2D eigenvalue weighted by Crippen LogP contribution is -2.32. The zero-order chi connectivity index (χ0) is 12.3. The fraction of sp³-hybridized carbons (Fsp3) is 0.600. The Morgan fingerprint density at radius 2 is 1.71 bits per heavy atom. The van der Waals surface area contributed by atoms with E-state index in [4.69, 9.17) is 5.73 Å². The van der Waals surface area contributed by atoms with Crippen LogP contribution in [0.25, 0.3) is 0 Å². The summed E-state index contributed by atoms with van der Waals surface area (Å²) in [6.45, 7) is 3.29. The van der Waals surface area contributed by atoms with Gasteiger partial charge in [-0.2, -0.15) is 0 Å². The van der Waals surface area contributed by atoms with Crippen molar-refractivity contribution in [1.82, 2.24) is 0 Å². The molecule has 17 heavy (non-hydrogen) atoms. The van der Waals surface area contributed by atoms with Gasteiger partial charge < -0.3 is 10.6 Å². The van der Waals surface area contributed by atoms with Crippen molar-refractivity contribution in [3.8, 4) is 0 Å². The molecule has 0 atom stereocenters. The van der Waals surface area contributed by atoms with Gasteiger partial charge in [0.05, 0.1) is 0 Å². The standard InChI is InChI=1S/C15H24N2/c1-12-3-9-15(10-4-12)17(2)11-13-5-7-14(16)8-6-13/h3-4,9-10,13-14H,5-8,11,16H2,1-2H3. The van der Waals surface area contributed by atoms with Gasteiger partial charge in [0.1, 0.15) is 0 Å². The predicted octanol–water partition coefficient (Wildman–Crippen LogP) is 2.95. The van der Waals surface area contributed by atoms with E-state index in [1.54, 1.807) is 0 Å². The summed E-state index contributed by atoms with van der Waals surface area (Å²) in [7, 11) is 2.19. The smallest absolute Gasteiger partial charge is 0.0363 e. The molecule has 0 amide bonds. The van der Waals surface area contributed by atoms with E-state index >= 15 is 0 Å². The zero-order valence-electron chi connectivity index (χ0n) is 11.0. The summed E-state index contributed by atoms with van der Waals surface area (Å²) >= 11 is 0. The van der Waals surface area contributed by atoms with Crippen LogP contribution >= 0.6 is 0 Å². The fourth-order valence-electron chi connectivity index (χ4n) is 2.66. The monoisotopic (exact) mass is 232 g/mol. The predicted molar refractivity (Wildman–Crippen MR) is 74.4 cm³/mol. The fourth-order valence-corrected chi connectivity index (χ4v) is 2.66. The Hall–Kier alpha value is -1.02. The van der Waals surface area contributed by atoms with Crippen LogP contribution in [0.4, 0.5) is 5.69 Å². The maximum Gasteiger partial charge on any atom is 0.0363 e. The molecule has 94 valence electrons. The third-order valence-corrected chi connectivity index (χ3v) is 3.90. The summed E-state index contributed by atoms with van der Waals surface area (Å²) in [5, 5.41) is 0. The molecule has 0 unspecified atom stereocenters. The first kappa shape index (κ1) is 12.4. The number of hydrogen-bond donors (Lipinski definition) is 1. The molecule has 1 aliphatic rings. The second-order valence-corrected chi connectivity index (χ2v) is 5.50. The van der Waals surface area contributed by atoms with E-state index in [0.717, 1.165) is 12.5 Å². The van der Waals surface area contributed by atoms with Crippen LogP contribution in [0.1, 0.15) is 31.2 Å². The van der Waals surface area contributed by atoms with Crippen molar-refractivity contribution in [1.29, 1.82) is 0 Å². The highest BCUT2D eigenvalue weighted by atomic mass is 15.1. The van der Waals surface area contributed by atoms with Crippen LogP contribution in [-0.4, -0.2) is 19.6 Å². The van der Waals surface area contributed by atoms with Crippen molar-refractivity contribution in [2.45, 2.75) is 38.6 Å². The number of hydrogen-bond acceptors (Lipinski definition) is 2. The van der Waals surface area contributed by atoms with Crippen LogP contribution in [0, 0.1) is 12.8 Å². The first-order valence-electron chi connectivity index (χ1n) is 6.68. The summed E-state index contributed by atoms with van der Waals surface area (Å²) < 4.78 is 0. The summed E-state index contributed by atoms with van der Waals surface area (Å²) in [6.07, 6.45) is 4.98. The number of rotatable bonds is 3. The molecule has 1 fully saturated rings. The molecule has 2 N–H and O–H groups in total. The van der Waals surface area contributed by atoms with Gasteiger partial charge >= 0.3 is 0 Å². The highest BCUT2D eigenvalue weighted by molar-refractivity contribution is 5.46. The molecule has 2 rings (SSSR count). The minimum atomic E-state index is 0.455. The Bertz CT molecular complexity index is 336. The van der Waals surface area contributed by atoms with Crippen molar-refractivity contribution >= 4 is 5.69 Å².